The third kappa shape index (κ3) is 3.46. The Balaban J connectivity index is 2.01. The fourth-order valence-electron chi connectivity index (χ4n) is 2.49. The van der Waals surface area contributed by atoms with Gasteiger partial charge in [-0.25, -0.2) is 0 Å². The van der Waals surface area contributed by atoms with Crippen molar-refractivity contribution < 1.29 is 9.59 Å². The van der Waals surface area contributed by atoms with E-state index in [2.05, 4.69) is 0 Å². The van der Waals surface area contributed by atoms with Gasteiger partial charge in [0.05, 0.1) is 0 Å². The Morgan fingerprint density at radius 2 is 2.05 bits per heavy atom. The number of likely N-dealkylation sites (tertiary alicyclic amines) is 1. The molecule has 1 aromatic carbocycles. The molecule has 4 nitrogen and oxygen atoms in total. The average molecular weight is 322 g/mol. The molecule has 3 unspecified atom stereocenters. The van der Waals surface area contributed by atoms with E-state index in [0.717, 1.165) is 35.3 Å². The predicted molar refractivity (Wildman–Crippen MR) is 76.4 cm³/mol. The molecule has 0 saturated carbocycles. The van der Waals surface area contributed by atoms with Crippen molar-refractivity contribution in [1.29, 1.82) is 0 Å². The molecule has 0 spiro atoms. The first-order valence-electron chi connectivity index (χ1n) is 6.49. The Labute approximate surface area is 121 Å². The van der Waals surface area contributed by atoms with E-state index in [0.29, 0.717) is 13.0 Å². The Bertz CT molecular complexity index is 464. The zero-order valence-electron chi connectivity index (χ0n) is 10.8. The summed E-state index contributed by atoms with van der Waals surface area (Å²) in [6.07, 6.45) is 2.19. The van der Waals surface area contributed by atoms with Gasteiger partial charge >= 0.3 is 121 Å². The zero-order chi connectivity index (χ0) is 13.8. The number of hydrogen-bond acceptors (Lipinski definition) is 3. The van der Waals surface area contributed by atoms with Crippen molar-refractivity contribution in [3.63, 3.8) is 0 Å². The first-order chi connectivity index (χ1) is 9.09. The quantitative estimate of drug-likeness (QED) is 0.775. The van der Waals surface area contributed by atoms with Gasteiger partial charge in [-0.05, 0) is 0 Å². The van der Waals surface area contributed by atoms with Gasteiger partial charge in [0, 0.05) is 0 Å². The summed E-state index contributed by atoms with van der Waals surface area (Å²) >= 11 is 1.07. The second-order valence-corrected chi connectivity index (χ2v) is 6.08. The van der Waals surface area contributed by atoms with E-state index < -0.39 is 6.04 Å². The van der Waals surface area contributed by atoms with Gasteiger partial charge in [0.15, 0.2) is 0 Å². The summed E-state index contributed by atoms with van der Waals surface area (Å²) in [7, 11) is 0. The number of nitrogens with two attached hydrogens (primary N) is 1. The second kappa shape index (κ2) is 6.35. The van der Waals surface area contributed by atoms with Gasteiger partial charge in [-0.15, -0.1) is 0 Å². The topological polar surface area (TPSA) is 63.4 Å². The van der Waals surface area contributed by atoms with Crippen LogP contribution in [0.3, 0.4) is 0 Å². The van der Waals surface area contributed by atoms with Crippen LogP contribution in [0, 0.1) is 0 Å². The first kappa shape index (κ1) is 14.3. The van der Waals surface area contributed by atoms with Crippen molar-refractivity contribution in [2.45, 2.75) is 31.3 Å². The second-order valence-electron chi connectivity index (χ2n) is 4.89. The van der Waals surface area contributed by atoms with E-state index in [1.54, 1.807) is 4.90 Å². The minimum atomic E-state index is -0.560. The summed E-state index contributed by atoms with van der Waals surface area (Å²) < 4.78 is 0.116. The number of benzene rings is 1. The molecular formula is C14H19AsN2O2. The molecule has 1 saturated heterocycles. The van der Waals surface area contributed by atoms with E-state index in [-0.39, 0.29) is 16.5 Å². The number of amides is 1. The molecule has 0 radical (unpaired) electrons. The summed E-state index contributed by atoms with van der Waals surface area (Å²) in [5.74, 6) is -0.0997. The molecule has 0 aromatic heterocycles. The van der Waals surface area contributed by atoms with Gasteiger partial charge in [-0.2, -0.15) is 0 Å². The van der Waals surface area contributed by atoms with Crippen LogP contribution < -0.4 is 5.73 Å². The van der Waals surface area contributed by atoms with Crippen LogP contribution in [-0.2, 0) is 16.0 Å². The molecule has 19 heavy (non-hydrogen) atoms. The summed E-state index contributed by atoms with van der Waals surface area (Å²) in [6.45, 7) is 0.654. The third-order valence-electron chi connectivity index (χ3n) is 3.48. The van der Waals surface area contributed by atoms with E-state index in [9.17, 15) is 9.59 Å². The van der Waals surface area contributed by atoms with Crippen molar-refractivity contribution >= 4 is 27.3 Å². The van der Waals surface area contributed by atoms with Gasteiger partial charge in [-0.3, -0.25) is 0 Å². The van der Waals surface area contributed by atoms with Gasteiger partial charge < -0.3 is 0 Å². The van der Waals surface area contributed by atoms with Crippen LogP contribution >= 0.6 is 0 Å². The number of nitrogens with zero attached hydrogens (tertiary/aromatic N) is 1. The predicted octanol–water partition coefficient (Wildman–Crippen LogP) is -0.293. The summed E-state index contributed by atoms with van der Waals surface area (Å²) in [5.41, 5.74) is 7.04. The van der Waals surface area contributed by atoms with Gasteiger partial charge in [0.1, 0.15) is 0 Å². The molecule has 1 fully saturated rings. The number of carbonyl (C=O) groups excluding carboxylic acids is 2. The summed E-state index contributed by atoms with van der Waals surface area (Å²) in [5, 5.41) is 0. The third-order valence-corrected chi connectivity index (χ3v) is 4.29. The normalized spacial score (nSPS) is 20.3. The fraction of sp³-hybridized carbons (Fsp3) is 0.429. The van der Waals surface area contributed by atoms with Crippen molar-refractivity contribution in [3.05, 3.63) is 35.9 Å². The minimum absolute atomic E-state index is 0.0997. The van der Waals surface area contributed by atoms with Crippen LogP contribution in [0.2, 0.25) is 0 Å². The van der Waals surface area contributed by atoms with Crippen molar-refractivity contribution in [2.75, 3.05) is 6.54 Å². The van der Waals surface area contributed by atoms with E-state index in [1.165, 1.54) is 0 Å². The maximum absolute atomic E-state index is 12.3. The molecule has 0 aliphatic carbocycles. The fourth-order valence-corrected chi connectivity index (χ4v) is 3.22. The summed E-state index contributed by atoms with van der Waals surface area (Å²) in [6, 6.07) is 8.92. The van der Waals surface area contributed by atoms with E-state index in [1.807, 2.05) is 30.3 Å². The average Bonchev–Trinajstić information content (AvgIpc) is 2.88. The van der Waals surface area contributed by atoms with E-state index in [4.69, 9.17) is 5.73 Å². The van der Waals surface area contributed by atoms with Gasteiger partial charge in [-0.1, -0.05) is 0 Å². The molecule has 1 aromatic rings. The van der Waals surface area contributed by atoms with Gasteiger partial charge in [0.2, 0.25) is 0 Å². The molecule has 1 aliphatic rings. The Hall–Kier alpha value is -1.12. The Morgan fingerprint density at radius 1 is 1.37 bits per heavy atom. The van der Waals surface area contributed by atoms with Crippen molar-refractivity contribution in [3.8, 4) is 0 Å². The standard InChI is InChI=1S/C14H19AsN2O2/c15-13(18)12-7-4-8-17(12)14(19)11(16)9-10-5-2-1-3-6-10/h1-3,5-6,11-12H,4,7-9,15-16H2. The molecule has 0 bridgehead atoms. The van der Waals surface area contributed by atoms with Gasteiger partial charge in [0.25, 0.3) is 0 Å². The molecule has 2 N–H and O–H groups in total. The molecule has 1 amide bonds. The van der Waals surface area contributed by atoms with Crippen molar-refractivity contribution in [2.24, 2.45) is 5.73 Å². The molecule has 5 heteroatoms. The monoisotopic (exact) mass is 322 g/mol. The number of rotatable bonds is 4. The van der Waals surface area contributed by atoms with Crippen LogP contribution in [-0.4, -0.2) is 50.9 Å². The molecule has 1 aliphatic heterocycles. The SMILES string of the molecule is NC(Cc1ccccc1)C(=O)N1CCCC1C(=O)[AsH2]. The molecule has 3 atom stereocenters. The van der Waals surface area contributed by atoms with Crippen LogP contribution in [0.4, 0.5) is 0 Å². The summed E-state index contributed by atoms with van der Waals surface area (Å²) in [4.78, 5) is 25.5. The van der Waals surface area contributed by atoms with Crippen LogP contribution in [0.25, 0.3) is 0 Å². The molecule has 2 rings (SSSR count). The Kier molecular flexibility index (Phi) is 4.78. The Morgan fingerprint density at radius 3 is 2.68 bits per heavy atom. The van der Waals surface area contributed by atoms with Crippen LogP contribution in [0.15, 0.2) is 30.3 Å². The number of carbonyl (C=O) groups is 2. The van der Waals surface area contributed by atoms with Crippen LogP contribution in [0.5, 0.6) is 0 Å². The zero-order valence-corrected chi connectivity index (χ0v) is 13.2. The first-order valence-corrected chi connectivity index (χ1v) is 7.70. The maximum atomic E-state index is 12.3. The van der Waals surface area contributed by atoms with Crippen molar-refractivity contribution in [1.82, 2.24) is 4.90 Å². The molecule has 102 valence electrons. The van der Waals surface area contributed by atoms with E-state index >= 15 is 0 Å². The molecule has 1 heterocycles. The molecular weight excluding hydrogens is 303 g/mol. The van der Waals surface area contributed by atoms with Crippen LogP contribution in [0.1, 0.15) is 18.4 Å². The number of hydrogen-bond donors (Lipinski definition) is 1.